The number of aromatic nitrogens is 1. The van der Waals surface area contributed by atoms with Crippen molar-refractivity contribution >= 4 is 5.91 Å². The predicted molar refractivity (Wildman–Crippen MR) is 77.6 cm³/mol. The molecule has 106 valence electrons. The van der Waals surface area contributed by atoms with Crippen molar-refractivity contribution in [2.45, 2.75) is 39.2 Å². The van der Waals surface area contributed by atoms with E-state index in [2.05, 4.69) is 18.8 Å². The summed E-state index contributed by atoms with van der Waals surface area (Å²) in [7, 11) is 1.85. The molecule has 0 aromatic carbocycles. The van der Waals surface area contributed by atoms with E-state index in [1.165, 1.54) is 0 Å². The van der Waals surface area contributed by atoms with Crippen LogP contribution in [0, 0.1) is 5.92 Å². The minimum atomic E-state index is 0.161. The molecule has 4 nitrogen and oxygen atoms in total. The summed E-state index contributed by atoms with van der Waals surface area (Å²) in [5.74, 6) is 0.624. The molecular weight excluding hydrogens is 238 g/mol. The molecule has 1 heterocycles. The molecule has 0 saturated heterocycles. The quantitative estimate of drug-likeness (QED) is 0.816. The van der Waals surface area contributed by atoms with Gasteiger partial charge in [0.25, 0.3) is 0 Å². The molecule has 0 aliphatic carbocycles. The van der Waals surface area contributed by atoms with E-state index in [-0.39, 0.29) is 11.9 Å². The summed E-state index contributed by atoms with van der Waals surface area (Å²) < 4.78 is 0. The normalized spacial score (nSPS) is 12.5. The Morgan fingerprint density at radius 3 is 2.79 bits per heavy atom. The van der Waals surface area contributed by atoms with Crippen molar-refractivity contribution in [1.29, 1.82) is 0 Å². The van der Waals surface area contributed by atoms with E-state index in [1.54, 1.807) is 11.1 Å². The molecule has 1 amide bonds. The van der Waals surface area contributed by atoms with Gasteiger partial charge in [0.05, 0.1) is 0 Å². The lowest BCUT2D eigenvalue weighted by Crippen LogP contribution is -2.34. The summed E-state index contributed by atoms with van der Waals surface area (Å²) in [6.45, 7) is 4.94. The molecule has 1 aromatic heterocycles. The zero-order chi connectivity index (χ0) is 14.3. The third-order valence-electron chi connectivity index (χ3n) is 3.43. The van der Waals surface area contributed by atoms with Gasteiger partial charge in [-0.05, 0) is 30.4 Å². The van der Waals surface area contributed by atoms with E-state index in [1.807, 2.05) is 25.4 Å². The monoisotopic (exact) mass is 263 g/mol. The molecule has 1 atom stereocenters. The summed E-state index contributed by atoms with van der Waals surface area (Å²) in [5.41, 5.74) is 7.08. The molecule has 1 aromatic rings. The first-order valence-corrected chi connectivity index (χ1v) is 6.89. The van der Waals surface area contributed by atoms with E-state index in [0.717, 1.165) is 24.9 Å². The summed E-state index contributed by atoms with van der Waals surface area (Å²) in [6, 6.07) is 4.05. The topological polar surface area (TPSA) is 59.2 Å². The van der Waals surface area contributed by atoms with Gasteiger partial charge in [-0.1, -0.05) is 19.9 Å². The molecule has 4 heteroatoms. The van der Waals surface area contributed by atoms with Crippen LogP contribution in [-0.4, -0.2) is 35.4 Å². The smallest absolute Gasteiger partial charge is 0.222 e. The summed E-state index contributed by atoms with van der Waals surface area (Å²) >= 11 is 0. The van der Waals surface area contributed by atoms with Crippen LogP contribution < -0.4 is 5.73 Å². The van der Waals surface area contributed by atoms with Gasteiger partial charge in [0.2, 0.25) is 5.91 Å². The number of nitrogens with two attached hydrogens (primary N) is 1. The molecule has 0 spiro atoms. The van der Waals surface area contributed by atoms with Gasteiger partial charge >= 0.3 is 0 Å². The molecule has 1 rings (SSSR count). The fourth-order valence-electron chi connectivity index (χ4n) is 1.79. The van der Waals surface area contributed by atoms with Crippen molar-refractivity contribution < 1.29 is 4.79 Å². The maximum Gasteiger partial charge on any atom is 0.222 e. The third kappa shape index (κ3) is 5.83. The van der Waals surface area contributed by atoms with Crippen LogP contribution in [0.4, 0.5) is 0 Å². The Kier molecular flexibility index (Phi) is 6.50. The number of hydrogen-bond acceptors (Lipinski definition) is 3. The van der Waals surface area contributed by atoms with E-state index in [9.17, 15) is 4.79 Å². The summed E-state index contributed by atoms with van der Waals surface area (Å²) in [4.78, 5) is 17.8. The van der Waals surface area contributed by atoms with Crippen LogP contribution in [0.15, 0.2) is 24.5 Å². The zero-order valence-corrected chi connectivity index (χ0v) is 12.2. The van der Waals surface area contributed by atoms with Crippen LogP contribution in [0.2, 0.25) is 0 Å². The van der Waals surface area contributed by atoms with Crippen molar-refractivity contribution in [2.24, 2.45) is 11.7 Å². The van der Waals surface area contributed by atoms with Gasteiger partial charge < -0.3 is 10.6 Å². The van der Waals surface area contributed by atoms with Gasteiger partial charge in [-0.25, -0.2) is 0 Å². The minimum absolute atomic E-state index is 0.161. The molecule has 0 bridgehead atoms. The van der Waals surface area contributed by atoms with Gasteiger partial charge in [-0.15, -0.1) is 0 Å². The number of rotatable bonds is 7. The van der Waals surface area contributed by atoms with Crippen LogP contribution in [0.5, 0.6) is 0 Å². The van der Waals surface area contributed by atoms with Crippen LogP contribution >= 0.6 is 0 Å². The minimum Gasteiger partial charge on any atom is -0.346 e. The SMILES string of the molecule is CC(C)C(N)CCN(C)C(=O)CCc1cccnc1. The second-order valence-corrected chi connectivity index (χ2v) is 5.37. The third-order valence-corrected chi connectivity index (χ3v) is 3.43. The number of amides is 1. The second kappa shape index (κ2) is 7.89. The first kappa shape index (κ1) is 15.6. The van der Waals surface area contributed by atoms with Crippen LogP contribution in [0.25, 0.3) is 0 Å². The Bertz CT molecular complexity index is 378. The molecule has 0 aliphatic heterocycles. The number of carbonyl (C=O) groups is 1. The molecule has 0 fully saturated rings. The Hall–Kier alpha value is -1.42. The lowest BCUT2D eigenvalue weighted by atomic mass is 10.0. The Morgan fingerprint density at radius 1 is 1.47 bits per heavy atom. The molecule has 0 radical (unpaired) electrons. The van der Waals surface area contributed by atoms with Gasteiger partial charge in [0.15, 0.2) is 0 Å². The number of pyridine rings is 1. The largest absolute Gasteiger partial charge is 0.346 e. The van der Waals surface area contributed by atoms with Gasteiger partial charge in [-0.2, -0.15) is 0 Å². The highest BCUT2D eigenvalue weighted by molar-refractivity contribution is 5.76. The standard InChI is InChI=1S/C15H25N3O/c1-12(2)14(16)8-10-18(3)15(19)7-6-13-5-4-9-17-11-13/h4-5,9,11-12,14H,6-8,10,16H2,1-3H3. The van der Waals surface area contributed by atoms with Crippen molar-refractivity contribution in [3.05, 3.63) is 30.1 Å². The first-order valence-electron chi connectivity index (χ1n) is 6.89. The molecule has 2 N–H and O–H groups in total. The van der Waals surface area contributed by atoms with Gasteiger partial charge in [-0.3, -0.25) is 9.78 Å². The Morgan fingerprint density at radius 2 is 2.21 bits per heavy atom. The Balaban J connectivity index is 2.29. The fraction of sp³-hybridized carbons (Fsp3) is 0.600. The Labute approximate surface area is 116 Å². The van der Waals surface area contributed by atoms with E-state index in [4.69, 9.17) is 5.73 Å². The lowest BCUT2D eigenvalue weighted by molar-refractivity contribution is -0.129. The molecule has 1 unspecified atom stereocenters. The van der Waals surface area contributed by atoms with Gasteiger partial charge in [0.1, 0.15) is 0 Å². The highest BCUT2D eigenvalue weighted by Gasteiger charge is 2.12. The number of carbonyl (C=O) groups excluding carboxylic acids is 1. The van der Waals surface area contributed by atoms with Crippen LogP contribution in [0.1, 0.15) is 32.3 Å². The maximum absolute atomic E-state index is 12.0. The highest BCUT2D eigenvalue weighted by atomic mass is 16.2. The highest BCUT2D eigenvalue weighted by Crippen LogP contribution is 2.06. The maximum atomic E-state index is 12.0. The molecular formula is C15H25N3O. The predicted octanol–water partition coefficient (Wildman–Crippen LogP) is 1.85. The van der Waals surface area contributed by atoms with E-state index >= 15 is 0 Å². The lowest BCUT2D eigenvalue weighted by Gasteiger charge is -2.21. The zero-order valence-electron chi connectivity index (χ0n) is 12.2. The molecule has 19 heavy (non-hydrogen) atoms. The summed E-state index contributed by atoms with van der Waals surface area (Å²) in [6.07, 6.45) is 5.67. The van der Waals surface area contributed by atoms with Crippen molar-refractivity contribution in [1.82, 2.24) is 9.88 Å². The fourth-order valence-corrected chi connectivity index (χ4v) is 1.79. The van der Waals surface area contributed by atoms with Gasteiger partial charge in [0, 0.05) is 38.4 Å². The average Bonchev–Trinajstić information content (AvgIpc) is 2.42. The van der Waals surface area contributed by atoms with Crippen LogP contribution in [0.3, 0.4) is 0 Å². The van der Waals surface area contributed by atoms with Crippen molar-refractivity contribution in [3.8, 4) is 0 Å². The van der Waals surface area contributed by atoms with Crippen LogP contribution in [-0.2, 0) is 11.2 Å². The summed E-state index contributed by atoms with van der Waals surface area (Å²) in [5, 5.41) is 0. The van der Waals surface area contributed by atoms with E-state index < -0.39 is 0 Å². The first-order chi connectivity index (χ1) is 9.00. The second-order valence-electron chi connectivity index (χ2n) is 5.37. The number of aryl methyl sites for hydroxylation is 1. The average molecular weight is 263 g/mol. The number of nitrogens with zero attached hydrogens (tertiary/aromatic N) is 2. The van der Waals surface area contributed by atoms with E-state index in [0.29, 0.717) is 12.3 Å². The number of hydrogen-bond donors (Lipinski definition) is 1. The van der Waals surface area contributed by atoms with Crippen molar-refractivity contribution in [2.75, 3.05) is 13.6 Å². The molecule has 0 aliphatic rings. The molecule has 0 saturated carbocycles. The van der Waals surface area contributed by atoms with Crippen molar-refractivity contribution in [3.63, 3.8) is 0 Å².